The summed E-state index contributed by atoms with van der Waals surface area (Å²) in [7, 11) is 0. The van der Waals surface area contributed by atoms with E-state index < -0.39 is 17.7 Å². The zero-order chi connectivity index (χ0) is 12.4. The predicted molar refractivity (Wildman–Crippen MR) is 61.0 cm³/mol. The lowest BCUT2D eigenvalue weighted by atomic mass is 9.99. The Morgan fingerprint density at radius 3 is 2.59 bits per heavy atom. The second-order valence-electron chi connectivity index (χ2n) is 3.65. The van der Waals surface area contributed by atoms with Crippen LogP contribution in [0.4, 0.5) is 14.5 Å². The van der Waals surface area contributed by atoms with E-state index in [1.54, 1.807) is 6.07 Å². The number of nitrogens with two attached hydrogens (primary N) is 2. The maximum absolute atomic E-state index is 13.5. The Morgan fingerprint density at radius 1 is 1.12 bits per heavy atom. The lowest BCUT2D eigenvalue weighted by Gasteiger charge is -2.15. The van der Waals surface area contributed by atoms with E-state index in [-0.39, 0.29) is 5.56 Å². The Kier molecular flexibility index (Phi) is 3.01. The van der Waals surface area contributed by atoms with E-state index in [2.05, 4.69) is 4.98 Å². The van der Waals surface area contributed by atoms with Gasteiger partial charge in [0.25, 0.3) is 0 Å². The second kappa shape index (κ2) is 4.47. The highest BCUT2D eigenvalue weighted by Crippen LogP contribution is 2.26. The van der Waals surface area contributed by atoms with Crippen molar-refractivity contribution < 1.29 is 8.78 Å². The van der Waals surface area contributed by atoms with Crippen LogP contribution in [0.1, 0.15) is 17.2 Å². The topological polar surface area (TPSA) is 64.9 Å². The summed E-state index contributed by atoms with van der Waals surface area (Å²) in [6.07, 6.45) is 2.96. The van der Waals surface area contributed by atoms with Crippen molar-refractivity contribution >= 4 is 5.69 Å². The maximum atomic E-state index is 13.5. The number of rotatable bonds is 2. The largest absolute Gasteiger partial charge is 0.398 e. The van der Waals surface area contributed by atoms with Crippen LogP contribution in [0, 0.1) is 11.6 Å². The van der Waals surface area contributed by atoms with Crippen LogP contribution in [-0.4, -0.2) is 4.98 Å². The molecule has 0 aliphatic rings. The molecule has 1 aromatic carbocycles. The Bertz CT molecular complexity index is 543. The van der Waals surface area contributed by atoms with Crippen LogP contribution >= 0.6 is 0 Å². The summed E-state index contributed by atoms with van der Waals surface area (Å²) < 4.78 is 26.6. The molecule has 17 heavy (non-hydrogen) atoms. The third-order valence-electron chi connectivity index (χ3n) is 2.52. The van der Waals surface area contributed by atoms with Crippen molar-refractivity contribution in [2.45, 2.75) is 6.04 Å². The van der Waals surface area contributed by atoms with Gasteiger partial charge in [-0.2, -0.15) is 0 Å². The molecule has 1 aromatic heterocycles. The van der Waals surface area contributed by atoms with Crippen molar-refractivity contribution in [1.82, 2.24) is 4.98 Å². The molecule has 0 fully saturated rings. The standard InChI is InChI=1S/C12H11F2N3/c13-7-1-2-10(14)8(5-7)12(16)9-6-17-4-3-11(9)15/h1-6,12H,16H2,(H2,15,17). The van der Waals surface area contributed by atoms with Crippen molar-refractivity contribution in [3.63, 3.8) is 0 Å². The van der Waals surface area contributed by atoms with Gasteiger partial charge in [0.2, 0.25) is 0 Å². The fourth-order valence-electron chi connectivity index (χ4n) is 1.60. The van der Waals surface area contributed by atoms with Gasteiger partial charge in [-0.05, 0) is 24.3 Å². The molecule has 0 aliphatic carbocycles. The molecule has 5 heteroatoms. The van der Waals surface area contributed by atoms with Gasteiger partial charge >= 0.3 is 0 Å². The van der Waals surface area contributed by atoms with Gasteiger partial charge in [0.15, 0.2) is 0 Å². The number of anilines is 1. The second-order valence-corrected chi connectivity index (χ2v) is 3.65. The molecule has 0 saturated carbocycles. The highest BCUT2D eigenvalue weighted by atomic mass is 19.1. The van der Waals surface area contributed by atoms with E-state index in [1.807, 2.05) is 0 Å². The normalized spacial score (nSPS) is 12.4. The molecule has 1 heterocycles. The Labute approximate surface area is 97.1 Å². The van der Waals surface area contributed by atoms with E-state index >= 15 is 0 Å². The van der Waals surface area contributed by atoms with Crippen molar-refractivity contribution in [2.24, 2.45) is 5.73 Å². The summed E-state index contributed by atoms with van der Waals surface area (Å²) in [6, 6.07) is 3.87. The average Bonchev–Trinajstić information content (AvgIpc) is 2.32. The maximum Gasteiger partial charge on any atom is 0.128 e. The molecule has 1 atom stereocenters. The zero-order valence-electron chi connectivity index (χ0n) is 8.90. The van der Waals surface area contributed by atoms with Crippen LogP contribution in [0.15, 0.2) is 36.7 Å². The van der Waals surface area contributed by atoms with Gasteiger partial charge < -0.3 is 11.5 Å². The molecular formula is C12H11F2N3. The molecule has 1 unspecified atom stereocenters. The number of halogens is 2. The van der Waals surface area contributed by atoms with E-state index in [1.165, 1.54) is 12.4 Å². The van der Waals surface area contributed by atoms with Gasteiger partial charge in [-0.1, -0.05) is 0 Å². The minimum Gasteiger partial charge on any atom is -0.398 e. The van der Waals surface area contributed by atoms with Gasteiger partial charge in [-0.25, -0.2) is 8.78 Å². The molecule has 0 radical (unpaired) electrons. The SMILES string of the molecule is Nc1ccncc1C(N)c1cc(F)ccc1F. The lowest BCUT2D eigenvalue weighted by molar-refractivity contribution is 0.576. The van der Waals surface area contributed by atoms with E-state index in [4.69, 9.17) is 11.5 Å². The van der Waals surface area contributed by atoms with Crippen molar-refractivity contribution in [2.75, 3.05) is 5.73 Å². The molecule has 2 rings (SSSR count). The first kappa shape index (κ1) is 11.5. The van der Waals surface area contributed by atoms with Crippen molar-refractivity contribution in [3.05, 3.63) is 59.4 Å². The highest BCUT2D eigenvalue weighted by molar-refractivity contribution is 5.49. The van der Waals surface area contributed by atoms with Crippen molar-refractivity contribution in [1.29, 1.82) is 0 Å². The fraction of sp³-hybridized carbons (Fsp3) is 0.0833. The van der Waals surface area contributed by atoms with Crippen LogP contribution in [0.2, 0.25) is 0 Å². The van der Waals surface area contributed by atoms with Gasteiger partial charge in [-0.3, -0.25) is 4.98 Å². The summed E-state index contributed by atoms with van der Waals surface area (Å²) in [5, 5.41) is 0. The van der Waals surface area contributed by atoms with Crippen LogP contribution < -0.4 is 11.5 Å². The van der Waals surface area contributed by atoms with Crippen molar-refractivity contribution in [3.8, 4) is 0 Å². The fourth-order valence-corrected chi connectivity index (χ4v) is 1.60. The average molecular weight is 235 g/mol. The number of benzene rings is 1. The molecule has 0 amide bonds. The first-order valence-corrected chi connectivity index (χ1v) is 4.99. The van der Waals surface area contributed by atoms with Crippen LogP contribution in [-0.2, 0) is 0 Å². The van der Waals surface area contributed by atoms with Crippen LogP contribution in [0.3, 0.4) is 0 Å². The molecular weight excluding hydrogens is 224 g/mol. The summed E-state index contributed by atoms with van der Waals surface area (Å²) in [6.45, 7) is 0. The first-order chi connectivity index (χ1) is 8.09. The minimum absolute atomic E-state index is 0.0599. The van der Waals surface area contributed by atoms with Gasteiger partial charge in [0, 0.05) is 29.2 Å². The Balaban J connectivity index is 2.47. The quantitative estimate of drug-likeness (QED) is 0.836. The monoisotopic (exact) mass is 235 g/mol. The Morgan fingerprint density at radius 2 is 1.88 bits per heavy atom. The first-order valence-electron chi connectivity index (χ1n) is 4.99. The van der Waals surface area contributed by atoms with Gasteiger partial charge in [0.05, 0.1) is 6.04 Å². The van der Waals surface area contributed by atoms with Gasteiger partial charge in [0.1, 0.15) is 11.6 Å². The molecule has 0 bridgehead atoms. The van der Waals surface area contributed by atoms with E-state index in [9.17, 15) is 8.78 Å². The third kappa shape index (κ3) is 2.24. The van der Waals surface area contributed by atoms with Crippen LogP contribution in [0.25, 0.3) is 0 Å². The van der Waals surface area contributed by atoms with Crippen LogP contribution in [0.5, 0.6) is 0 Å². The Hall–Kier alpha value is -2.01. The third-order valence-corrected chi connectivity index (χ3v) is 2.52. The predicted octanol–water partition coefficient (Wildman–Crippen LogP) is 1.99. The summed E-state index contributed by atoms with van der Waals surface area (Å²) >= 11 is 0. The summed E-state index contributed by atoms with van der Waals surface area (Å²) in [4.78, 5) is 3.87. The van der Waals surface area contributed by atoms with Gasteiger partial charge in [-0.15, -0.1) is 0 Å². The molecule has 4 N–H and O–H groups in total. The number of pyridine rings is 1. The minimum atomic E-state index is -0.834. The number of hydrogen-bond acceptors (Lipinski definition) is 3. The van der Waals surface area contributed by atoms with E-state index in [0.717, 1.165) is 18.2 Å². The number of hydrogen-bond donors (Lipinski definition) is 2. The highest BCUT2D eigenvalue weighted by Gasteiger charge is 2.16. The number of aromatic nitrogens is 1. The smallest absolute Gasteiger partial charge is 0.128 e. The zero-order valence-corrected chi connectivity index (χ0v) is 8.90. The van der Waals surface area contributed by atoms with E-state index in [0.29, 0.717) is 11.3 Å². The molecule has 0 saturated heterocycles. The molecule has 0 aliphatic heterocycles. The number of nitrogens with zero attached hydrogens (tertiary/aromatic N) is 1. The molecule has 88 valence electrons. The summed E-state index contributed by atoms with van der Waals surface area (Å²) in [5.41, 5.74) is 12.5. The molecule has 3 nitrogen and oxygen atoms in total. The molecule has 0 spiro atoms. The number of nitrogen functional groups attached to an aromatic ring is 1. The lowest BCUT2D eigenvalue weighted by Crippen LogP contribution is -2.16. The molecule has 2 aromatic rings. The summed E-state index contributed by atoms with van der Waals surface area (Å²) in [5.74, 6) is -1.11.